The van der Waals surface area contributed by atoms with Crippen LogP contribution in [0.4, 0.5) is 0 Å². The van der Waals surface area contributed by atoms with Crippen LogP contribution in [0.25, 0.3) is 0 Å². The van der Waals surface area contributed by atoms with Gasteiger partial charge in [0.25, 0.3) is 5.91 Å². The summed E-state index contributed by atoms with van der Waals surface area (Å²) in [4.78, 5) is 16.3. The largest absolute Gasteiger partial charge is 0.489 e. The molecule has 0 saturated carbocycles. The first kappa shape index (κ1) is 16.4. The Hall–Kier alpha value is -2.44. The number of carbonyl (C=O) groups excluding carboxylic acids is 1. The number of aromatic nitrogens is 1. The lowest BCUT2D eigenvalue weighted by atomic mass is 9.89. The van der Waals surface area contributed by atoms with E-state index in [9.17, 15) is 10.0 Å². The Labute approximate surface area is 140 Å². The third kappa shape index (κ3) is 3.11. The molecular weight excluding hydrogens is 306 g/mol. The van der Waals surface area contributed by atoms with Crippen molar-refractivity contribution in [3.05, 3.63) is 58.9 Å². The quantitative estimate of drug-likeness (QED) is 0.839. The van der Waals surface area contributed by atoms with E-state index in [2.05, 4.69) is 4.98 Å². The highest BCUT2D eigenvalue weighted by molar-refractivity contribution is 5.88. The van der Waals surface area contributed by atoms with Gasteiger partial charge < -0.3 is 10.5 Å². The minimum Gasteiger partial charge on any atom is -0.489 e. The van der Waals surface area contributed by atoms with Crippen molar-refractivity contribution in [2.45, 2.75) is 32.4 Å². The van der Waals surface area contributed by atoms with Crippen LogP contribution in [0.15, 0.2) is 36.4 Å². The summed E-state index contributed by atoms with van der Waals surface area (Å²) in [7, 11) is 0. The van der Waals surface area contributed by atoms with E-state index >= 15 is 0 Å². The SMILES string of the molecule is Cc1cc(COc2ccc(C3(N)CCN(O)C3=O)cc2)cc(C)n1. The molecule has 1 aliphatic heterocycles. The molecule has 0 radical (unpaired) electrons. The van der Waals surface area contributed by atoms with Crippen LogP contribution in [-0.4, -0.2) is 27.7 Å². The lowest BCUT2D eigenvalue weighted by Gasteiger charge is -2.22. The summed E-state index contributed by atoms with van der Waals surface area (Å²) < 4.78 is 5.79. The molecule has 1 aromatic heterocycles. The molecule has 0 bridgehead atoms. The van der Waals surface area contributed by atoms with Crippen LogP contribution in [0.1, 0.15) is 28.9 Å². The average Bonchev–Trinajstić information content (AvgIpc) is 2.81. The molecule has 1 saturated heterocycles. The van der Waals surface area contributed by atoms with E-state index < -0.39 is 11.4 Å². The molecule has 1 amide bonds. The summed E-state index contributed by atoms with van der Waals surface area (Å²) in [5, 5.41) is 10.2. The van der Waals surface area contributed by atoms with Gasteiger partial charge in [0.05, 0.1) is 6.54 Å². The van der Waals surface area contributed by atoms with Crippen molar-refractivity contribution < 1.29 is 14.7 Å². The van der Waals surface area contributed by atoms with Gasteiger partial charge in [-0.05, 0) is 55.7 Å². The molecular formula is C18H21N3O3. The van der Waals surface area contributed by atoms with Crippen LogP contribution < -0.4 is 10.5 Å². The highest BCUT2D eigenvalue weighted by atomic mass is 16.5. The molecule has 0 spiro atoms. The molecule has 126 valence electrons. The summed E-state index contributed by atoms with van der Waals surface area (Å²) in [5.41, 5.74) is 8.65. The van der Waals surface area contributed by atoms with Crippen molar-refractivity contribution >= 4 is 5.91 Å². The molecule has 3 N–H and O–H groups in total. The average molecular weight is 327 g/mol. The smallest absolute Gasteiger partial charge is 0.270 e. The molecule has 1 atom stereocenters. The van der Waals surface area contributed by atoms with Crippen LogP contribution >= 0.6 is 0 Å². The maximum Gasteiger partial charge on any atom is 0.270 e. The second-order valence-electron chi connectivity index (χ2n) is 6.22. The number of ether oxygens (including phenoxy) is 1. The monoisotopic (exact) mass is 327 g/mol. The second kappa shape index (κ2) is 6.22. The fraction of sp³-hybridized carbons (Fsp3) is 0.333. The van der Waals surface area contributed by atoms with Gasteiger partial charge in [-0.3, -0.25) is 15.0 Å². The number of hydroxylamine groups is 2. The highest BCUT2D eigenvalue weighted by Crippen LogP contribution is 2.31. The number of hydrogen-bond donors (Lipinski definition) is 2. The lowest BCUT2D eigenvalue weighted by molar-refractivity contribution is -0.161. The summed E-state index contributed by atoms with van der Waals surface area (Å²) in [6.45, 7) is 4.60. The van der Waals surface area contributed by atoms with Crippen molar-refractivity contribution in [2.24, 2.45) is 5.73 Å². The van der Waals surface area contributed by atoms with Crippen molar-refractivity contribution in [1.82, 2.24) is 10.0 Å². The Bertz CT molecular complexity index is 740. The molecule has 1 aromatic carbocycles. The zero-order chi connectivity index (χ0) is 17.3. The normalized spacial score (nSPS) is 20.5. The van der Waals surface area contributed by atoms with Crippen LogP contribution in [-0.2, 0) is 16.9 Å². The van der Waals surface area contributed by atoms with Gasteiger partial charge in [0.1, 0.15) is 17.9 Å². The van der Waals surface area contributed by atoms with E-state index in [0.717, 1.165) is 17.0 Å². The van der Waals surface area contributed by atoms with E-state index in [1.54, 1.807) is 24.3 Å². The van der Waals surface area contributed by atoms with E-state index in [-0.39, 0.29) is 6.54 Å². The minimum atomic E-state index is -1.16. The number of amides is 1. The number of nitrogens with zero attached hydrogens (tertiary/aromatic N) is 2. The standard InChI is InChI=1S/C18H21N3O3/c1-12-9-14(10-13(2)20-12)11-24-16-5-3-15(4-6-16)18(19)7-8-21(23)17(18)22/h3-6,9-10,23H,7-8,11,19H2,1-2H3. The molecule has 1 unspecified atom stereocenters. The Kier molecular flexibility index (Phi) is 4.26. The molecule has 0 aliphatic carbocycles. The molecule has 2 aromatic rings. The Morgan fingerprint density at radius 1 is 1.25 bits per heavy atom. The first-order chi connectivity index (χ1) is 11.4. The maximum atomic E-state index is 12.0. The van der Waals surface area contributed by atoms with E-state index in [4.69, 9.17) is 10.5 Å². The summed E-state index contributed by atoms with van der Waals surface area (Å²) in [6, 6.07) is 11.1. The first-order valence-corrected chi connectivity index (χ1v) is 7.86. The topological polar surface area (TPSA) is 88.7 Å². The molecule has 6 heteroatoms. The van der Waals surface area contributed by atoms with Gasteiger partial charge in [-0.1, -0.05) is 12.1 Å². The number of benzene rings is 1. The number of aryl methyl sites for hydroxylation is 2. The van der Waals surface area contributed by atoms with Crippen LogP contribution in [0.2, 0.25) is 0 Å². The minimum absolute atomic E-state index is 0.244. The van der Waals surface area contributed by atoms with Gasteiger partial charge in [-0.25, -0.2) is 5.06 Å². The number of carbonyl (C=O) groups is 1. The zero-order valence-electron chi connectivity index (χ0n) is 13.8. The van der Waals surface area contributed by atoms with Crippen molar-refractivity contribution in [3.8, 4) is 5.75 Å². The van der Waals surface area contributed by atoms with Gasteiger partial charge >= 0.3 is 0 Å². The van der Waals surface area contributed by atoms with Gasteiger partial charge in [0.2, 0.25) is 0 Å². The van der Waals surface area contributed by atoms with Gasteiger partial charge in [0.15, 0.2) is 0 Å². The van der Waals surface area contributed by atoms with Crippen LogP contribution in [0.3, 0.4) is 0 Å². The number of pyridine rings is 1. The second-order valence-corrected chi connectivity index (χ2v) is 6.22. The third-order valence-electron chi connectivity index (χ3n) is 4.25. The predicted molar refractivity (Wildman–Crippen MR) is 88.5 cm³/mol. The van der Waals surface area contributed by atoms with Gasteiger partial charge in [-0.15, -0.1) is 0 Å². The summed E-state index contributed by atoms with van der Waals surface area (Å²) in [6.07, 6.45) is 0.387. The zero-order valence-corrected chi connectivity index (χ0v) is 13.8. The number of nitrogens with two attached hydrogens (primary N) is 1. The Balaban J connectivity index is 1.70. The number of rotatable bonds is 4. The maximum absolute atomic E-state index is 12.0. The van der Waals surface area contributed by atoms with Crippen molar-refractivity contribution in [1.29, 1.82) is 0 Å². The lowest BCUT2D eigenvalue weighted by Crippen LogP contribution is -2.44. The highest BCUT2D eigenvalue weighted by Gasteiger charge is 2.44. The molecule has 3 rings (SSSR count). The van der Waals surface area contributed by atoms with E-state index in [1.807, 2.05) is 26.0 Å². The number of hydrogen-bond acceptors (Lipinski definition) is 5. The van der Waals surface area contributed by atoms with Crippen LogP contribution in [0.5, 0.6) is 5.75 Å². The molecule has 2 heterocycles. The fourth-order valence-corrected chi connectivity index (χ4v) is 3.01. The molecule has 6 nitrogen and oxygen atoms in total. The predicted octanol–water partition coefficient (Wildman–Crippen LogP) is 2.05. The van der Waals surface area contributed by atoms with Crippen molar-refractivity contribution in [3.63, 3.8) is 0 Å². The molecule has 24 heavy (non-hydrogen) atoms. The van der Waals surface area contributed by atoms with Gasteiger partial charge in [-0.2, -0.15) is 0 Å². The van der Waals surface area contributed by atoms with Gasteiger partial charge in [0, 0.05) is 11.4 Å². The van der Waals surface area contributed by atoms with Crippen molar-refractivity contribution in [2.75, 3.05) is 6.54 Å². The van der Waals surface area contributed by atoms with Crippen LogP contribution in [0, 0.1) is 13.8 Å². The van der Waals surface area contributed by atoms with E-state index in [1.165, 1.54) is 0 Å². The summed E-state index contributed by atoms with van der Waals surface area (Å²) in [5.74, 6) is 0.222. The van der Waals surface area contributed by atoms with E-state index in [0.29, 0.717) is 29.4 Å². The fourth-order valence-electron chi connectivity index (χ4n) is 3.01. The molecule has 1 aliphatic rings. The Morgan fingerprint density at radius 3 is 2.42 bits per heavy atom. The Morgan fingerprint density at radius 2 is 1.88 bits per heavy atom. The first-order valence-electron chi connectivity index (χ1n) is 7.86. The third-order valence-corrected chi connectivity index (χ3v) is 4.25. The summed E-state index contributed by atoms with van der Waals surface area (Å²) >= 11 is 0. The molecule has 1 fully saturated rings.